The smallest absolute Gasteiger partial charge is 0.254 e. The minimum absolute atomic E-state index is 0.00670. The van der Waals surface area contributed by atoms with Crippen LogP contribution in [-0.4, -0.2) is 45.1 Å². The molecule has 2 atom stereocenters. The molecule has 1 aromatic carbocycles. The molecule has 5 rings (SSSR count). The van der Waals surface area contributed by atoms with Gasteiger partial charge in [-0.15, -0.1) is 0 Å². The summed E-state index contributed by atoms with van der Waals surface area (Å²) in [7, 11) is 0. The van der Waals surface area contributed by atoms with Crippen LogP contribution in [0.4, 0.5) is 0 Å². The number of rotatable bonds is 5. The average Bonchev–Trinajstić information content (AvgIpc) is 3.14. The van der Waals surface area contributed by atoms with E-state index in [1.54, 1.807) is 12.1 Å². The summed E-state index contributed by atoms with van der Waals surface area (Å²) in [4.78, 5) is 46.6. The number of aromatic hydroxyl groups is 1. The number of carbonyl (C=O) groups excluding carboxylic acids is 3. The van der Waals surface area contributed by atoms with Gasteiger partial charge in [0, 0.05) is 43.0 Å². The monoisotopic (exact) mass is 542 g/mol. The predicted octanol–water partition coefficient (Wildman–Crippen LogP) is 6.17. The van der Waals surface area contributed by atoms with Gasteiger partial charge < -0.3 is 14.7 Å². The summed E-state index contributed by atoms with van der Waals surface area (Å²) >= 11 is 0. The van der Waals surface area contributed by atoms with E-state index in [-0.39, 0.29) is 40.6 Å². The molecular weight excluding hydrogens is 504 g/mol. The fourth-order valence-electron chi connectivity index (χ4n) is 6.72. The Morgan fingerprint density at radius 1 is 1.12 bits per heavy atom. The Morgan fingerprint density at radius 2 is 1.82 bits per heavy atom. The van der Waals surface area contributed by atoms with Crippen molar-refractivity contribution in [2.45, 2.75) is 80.2 Å². The minimum atomic E-state index is -0.759. The van der Waals surface area contributed by atoms with Crippen LogP contribution < -0.4 is 0 Å². The molecule has 0 spiro atoms. The van der Waals surface area contributed by atoms with Gasteiger partial charge in [0.25, 0.3) is 5.91 Å². The highest BCUT2D eigenvalue weighted by molar-refractivity contribution is 6.07. The van der Waals surface area contributed by atoms with E-state index in [1.807, 2.05) is 51.7 Å². The van der Waals surface area contributed by atoms with Crippen molar-refractivity contribution in [3.8, 4) is 17.0 Å². The van der Waals surface area contributed by atoms with Crippen LogP contribution in [0, 0.1) is 25.2 Å². The van der Waals surface area contributed by atoms with Crippen molar-refractivity contribution in [2.75, 3.05) is 6.54 Å². The molecule has 0 bridgehead atoms. The number of likely N-dealkylation sites (N-methyl/N-ethyl adjacent to an activating group) is 1. The molecule has 1 aromatic heterocycles. The van der Waals surface area contributed by atoms with Crippen LogP contribution in [0.3, 0.4) is 0 Å². The fourth-order valence-corrected chi connectivity index (χ4v) is 6.72. The van der Waals surface area contributed by atoms with Crippen LogP contribution in [0.1, 0.15) is 87.5 Å². The molecular formula is C33H38N2O5. The molecule has 3 heterocycles. The lowest BCUT2D eigenvalue weighted by atomic mass is 9.69. The number of hydrogen-bond donors (Lipinski definition) is 1. The van der Waals surface area contributed by atoms with Crippen molar-refractivity contribution in [3.63, 3.8) is 0 Å². The molecule has 1 N–H and O–H groups in total. The van der Waals surface area contributed by atoms with Crippen LogP contribution >= 0.6 is 0 Å². The summed E-state index contributed by atoms with van der Waals surface area (Å²) in [5.74, 6) is 0.166. The van der Waals surface area contributed by atoms with Crippen LogP contribution in [0.2, 0.25) is 0 Å². The van der Waals surface area contributed by atoms with E-state index >= 15 is 0 Å². The first-order valence-electron chi connectivity index (χ1n) is 14.1. The second kappa shape index (κ2) is 9.72. The number of ketones is 2. The van der Waals surface area contributed by atoms with Crippen LogP contribution in [0.25, 0.3) is 11.3 Å². The molecule has 210 valence electrons. The molecule has 0 unspecified atom stereocenters. The number of allylic oxidation sites excluding steroid dienone is 2. The van der Waals surface area contributed by atoms with Crippen molar-refractivity contribution in [3.05, 3.63) is 69.3 Å². The van der Waals surface area contributed by atoms with E-state index in [0.29, 0.717) is 64.6 Å². The fraction of sp³-hybridized carbons (Fsp3) is 0.455. The summed E-state index contributed by atoms with van der Waals surface area (Å²) in [6.07, 6.45) is 0.891. The summed E-state index contributed by atoms with van der Waals surface area (Å²) in [5, 5.41) is 11.4. The first kappa shape index (κ1) is 27.8. The molecule has 3 aliphatic rings. The molecule has 1 aliphatic carbocycles. The summed E-state index contributed by atoms with van der Waals surface area (Å²) in [6, 6.07) is 6.83. The number of Topliss-reactive ketones (excluding diaryl/α,β-unsaturated/α-hetero) is 2. The van der Waals surface area contributed by atoms with Gasteiger partial charge in [0.2, 0.25) is 0 Å². The molecule has 2 aromatic rings. The van der Waals surface area contributed by atoms with Gasteiger partial charge in [0.05, 0.1) is 23.2 Å². The summed E-state index contributed by atoms with van der Waals surface area (Å²) in [6.45, 7) is 15.9. The Bertz CT molecular complexity index is 1530. The SMILES string of the molecule is CCN1C(=O)C2=C(OC3=C(C(=O)CC(C)(C)C3)[C@@H]2c2c(O)ccc(-c3ccc(C)c(C(C)=O)n3)c2C)[C@H]1C(C)C. The molecule has 7 heteroatoms. The number of pyridine rings is 1. The topological polar surface area (TPSA) is 96.8 Å². The van der Waals surface area contributed by atoms with Gasteiger partial charge in [-0.3, -0.25) is 14.4 Å². The number of carbonyl (C=O) groups is 3. The molecule has 0 saturated heterocycles. The van der Waals surface area contributed by atoms with Crippen LogP contribution in [-0.2, 0) is 14.3 Å². The maximum atomic E-state index is 14.0. The molecule has 0 saturated carbocycles. The van der Waals surface area contributed by atoms with Crippen molar-refractivity contribution < 1.29 is 24.2 Å². The Morgan fingerprint density at radius 3 is 2.45 bits per heavy atom. The standard InChI is InChI=1S/C33H38N2O5/c1-9-35-30(16(2)3)31-28(32(35)39)27(26-23(38)14-33(7,8)15-24(26)40-31)25-18(5)20(11-13-22(25)37)21-12-10-17(4)29(34-21)19(6)36/h10-13,16,27,30,37H,9,14-15H2,1-8H3/t27-,30+/m0/s1. The number of aromatic nitrogens is 1. The van der Waals surface area contributed by atoms with Gasteiger partial charge >= 0.3 is 0 Å². The number of ether oxygens (including phenoxy) is 1. The zero-order chi connectivity index (χ0) is 29.3. The van der Waals surface area contributed by atoms with Crippen LogP contribution in [0.5, 0.6) is 5.75 Å². The highest BCUT2D eigenvalue weighted by Gasteiger charge is 2.53. The van der Waals surface area contributed by atoms with Crippen molar-refractivity contribution in [1.29, 1.82) is 0 Å². The number of phenols is 1. The first-order chi connectivity index (χ1) is 18.8. The predicted molar refractivity (Wildman–Crippen MR) is 153 cm³/mol. The number of phenolic OH excluding ortho intramolecular Hbond substituents is 1. The molecule has 7 nitrogen and oxygen atoms in total. The lowest BCUT2D eigenvalue weighted by Gasteiger charge is -2.39. The number of benzene rings is 1. The highest BCUT2D eigenvalue weighted by Crippen LogP contribution is 2.55. The van der Waals surface area contributed by atoms with Gasteiger partial charge in [0.1, 0.15) is 23.0 Å². The van der Waals surface area contributed by atoms with Gasteiger partial charge in [-0.25, -0.2) is 4.98 Å². The third kappa shape index (κ3) is 4.27. The van der Waals surface area contributed by atoms with E-state index in [2.05, 4.69) is 18.8 Å². The highest BCUT2D eigenvalue weighted by atomic mass is 16.5. The largest absolute Gasteiger partial charge is 0.508 e. The number of hydrogen-bond acceptors (Lipinski definition) is 6. The average molecular weight is 543 g/mol. The van der Waals surface area contributed by atoms with E-state index in [4.69, 9.17) is 4.74 Å². The van der Waals surface area contributed by atoms with Crippen LogP contribution in [0.15, 0.2) is 46.9 Å². The van der Waals surface area contributed by atoms with Gasteiger partial charge in [-0.1, -0.05) is 33.8 Å². The number of aryl methyl sites for hydroxylation is 1. The third-order valence-corrected chi connectivity index (χ3v) is 8.51. The quantitative estimate of drug-likeness (QED) is 0.454. The van der Waals surface area contributed by atoms with Gasteiger partial charge in [-0.2, -0.15) is 0 Å². The normalized spacial score (nSPS) is 22.1. The molecule has 0 fully saturated rings. The Hall–Kier alpha value is -3.74. The minimum Gasteiger partial charge on any atom is -0.508 e. The first-order valence-corrected chi connectivity index (χ1v) is 14.1. The number of nitrogens with zero attached hydrogens (tertiary/aromatic N) is 2. The molecule has 1 amide bonds. The Labute approximate surface area is 235 Å². The zero-order valence-corrected chi connectivity index (χ0v) is 24.6. The van der Waals surface area contributed by atoms with E-state index in [1.165, 1.54) is 6.92 Å². The second-order valence-electron chi connectivity index (χ2n) is 12.5. The van der Waals surface area contributed by atoms with Gasteiger partial charge in [-0.05, 0) is 61.4 Å². The summed E-state index contributed by atoms with van der Waals surface area (Å²) < 4.78 is 6.54. The van der Waals surface area contributed by atoms with E-state index in [9.17, 15) is 19.5 Å². The van der Waals surface area contributed by atoms with Crippen molar-refractivity contribution in [2.24, 2.45) is 11.3 Å². The lowest BCUT2D eigenvalue weighted by molar-refractivity contribution is -0.127. The number of amides is 1. The second-order valence-corrected chi connectivity index (χ2v) is 12.5. The lowest BCUT2D eigenvalue weighted by Crippen LogP contribution is -2.39. The van der Waals surface area contributed by atoms with Crippen molar-refractivity contribution >= 4 is 17.5 Å². The Kier molecular flexibility index (Phi) is 6.76. The molecule has 0 radical (unpaired) electrons. The maximum absolute atomic E-state index is 14.0. The third-order valence-electron chi connectivity index (χ3n) is 8.51. The van der Waals surface area contributed by atoms with E-state index in [0.717, 1.165) is 11.1 Å². The zero-order valence-electron chi connectivity index (χ0n) is 24.6. The van der Waals surface area contributed by atoms with Crippen molar-refractivity contribution in [1.82, 2.24) is 9.88 Å². The van der Waals surface area contributed by atoms with Gasteiger partial charge in [0.15, 0.2) is 11.6 Å². The van der Waals surface area contributed by atoms with E-state index < -0.39 is 5.92 Å². The molecule has 2 aliphatic heterocycles. The summed E-state index contributed by atoms with van der Waals surface area (Å²) in [5.41, 5.74) is 4.32. The Balaban J connectivity index is 1.79. The maximum Gasteiger partial charge on any atom is 0.254 e. The molecule has 40 heavy (non-hydrogen) atoms.